The summed E-state index contributed by atoms with van der Waals surface area (Å²) in [4.78, 5) is 10.9. The third kappa shape index (κ3) is 4.15. The van der Waals surface area contributed by atoms with Gasteiger partial charge in [0.15, 0.2) is 0 Å². The van der Waals surface area contributed by atoms with Gasteiger partial charge in [-0.1, -0.05) is 26.0 Å². The van der Waals surface area contributed by atoms with E-state index in [1.165, 1.54) is 0 Å². The normalized spacial score (nSPS) is 12.7. The van der Waals surface area contributed by atoms with Gasteiger partial charge in [-0.05, 0) is 36.5 Å². The lowest BCUT2D eigenvalue weighted by Crippen LogP contribution is -2.09. The van der Waals surface area contributed by atoms with Crippen molar-refractivity contribution in [3.05, 3.63) is 29.8 Å². The monoisotopic (exact) mass is 206 g/mol. The molecule has 0 saturated heterocycles. The molecule has 15 heavy (non-hydrogen) atoms. The first-order chi connectivity index (χ1) is 7.11. The first-order valence-electron chi connectivity index (χ1n) is 5.35. The molecule has 0 radical (unpaired) electrons. The van der Waals surface area contributed by atoms with Crippen LogP contribution < -0.4 is 0 Å². The lowest BCUT2D eigenvalue weighted by Gasteiger charge is -2.12. The zero-order valence-corrected chi connectivity index (χ0v) is 9.31. The molecule has 0 bridgehead atoms. The van der Waals surface area contributed by atoms with Crippen LogP contribution in [-0.2, 0) is 11.2 Å². The molecule has 0 aliphatic carbocycles. The number of carbonyl (C=O) groups is 1. The zero-order valence-electron chi connectivity index (χ0n) is 9.31. The fourth-order valence-electron chi connectivity index (χ4n) is 1.73. The Morgan fingerprint density at radius 1 is 1.27 bits per heavy atom. The van der Waals surface area contributed by atoms with Crippen molar-refractivity contribution < 1.29 is 9.90 Å². The summed E-state index contributed by atoms with van der Waals surface area (Å²) in [6, 6.07) is 7.05. The Bertz CT molecular complexity index is 301. The van der Waals surface area contributed by atoms with Crippen LogP contribution in [0.25, 0.3) is 0 Å². The van der Waals surface area contributed by atoms with Crippen LogP contribution in [0.3, 0.4) is 0 Å². The Hall–Kier alpha value is -1.31. The molecule has 0 aliphatic rings. The molecule has 82 valence electrons. The Balaban J connectivity index is 2.58. The maximum atomic E-state index is 10.9. The third-order valence-corrected chi connectivity index (χ3v) is 2.40. The number of carbonyl (C=O) groups excluding carboxylic acids is 1. The van der Waals surface area contributed by atoms with E-state index in [4.69, 9.17) is 5.11 Å². The summed E-state index contributed by atoms with van der Waals surface area (Å²) in [7, 11) is 0. The average Bonchev–Trinajstić information content (AvgIpc) is 2.19. The molecule has 0 heterocycles. The lowest BCUT2D eigenvalue weighted by molar-refractivity contribution is -0.111. The van der Waals surface area contributed by atoms with Gasteiger partial charge in [0.1, 0.15) is 12.0 Å². The molecule has 1 N–H and O–H groups in total. The average molecular weight is 206 g/mol. The predicted molar refractivity (Wildman–Crippen MR) is 60.8 cm³/mol. The van der Waals surface area contributed by atoms with E-state index < -0.39 is 0 Å². The summed E-state index contributed by atoms with van der Waals surface area (Å²) >= 11 is 0. The van der Waals surface area contributed by atoms with Gasteiger partial charge in [0, 0.05) is 5.92 Å². The molecule has 0 amide bonds. The van der Waals surface area contributed by atoms with Crippen molar-refractivity contribution >= 4 is 6.29 Å². The van der Waals surface area contributed by atoms with Crippen LogP contribution in [0.15, 0.2) is 24.3 Å². The van der Waals surface area contributed by atoms with Crippen LogP contribution >= 0.6 is 0 Å². The Labute approximate surface area is 90.9 Å². The maximum Gasteiger partial charge on any atom is 0.123 e. The van der Waals surface area contributed by atoms with Gasteiger partial charge in [-0.2, -0.15) is 0 Å². The first-order valence-corrected chi connectivity index (χ1v) is 5.35. The summed E-state index contributed by atoms with van der Waals surface area (Å²) in [5.41, 5.74) is 1.10. The largest absolute Gasteiger partial charge is 0.508 e. The van der Waals surface area contributed by atoms with E-state index in [2.05, 4.69) is 13.8 Å². The second-order valence-electron chi connectivity index (χ2n) is 4.40. The van der Waals surface area contributed by atoms with E-state index in [-0.39, 0.29) is 11.7 Å². The van der Waals surface area contributed by atoms with Crippen molar-refractivity contribution in [2.75, 3.05) is 0 Å². The number of aromatic hydroxyl groups is 1. The lowest BCUT2D eigenvalue weighted by atomic mass is 9.92. The standard InChI is InChI=1S/C13H18O2/c1-10(2)7-12(9-14)8-11-3-5-13(15)6-4-11/h3-6,9-10,12,15H,7-8H2,1-2H3. The van der Waals surface area contributed by atoms with E-state index in [1.807, 2.05) is 12.1 Å². The molecule has 0 aliphatic heterocycles. The number of phenolic OH excluding ortho intramolecular Hbond substituents is 1. The summed E-state index contributed by atoms with van der Waals surface area (Å²) in [6.07, 6.45) is 2.72. The molecule has 0 aromatic heterocycles. The molecule has 1 atom stereocenters. The quantitative estimate of drug-likeness (QED) is 0.752. The summed E-state index contributed by atoms with van der Waals surface area (Å²) in [5, 5.41) is 9.12. The van der Waals surface area contributed by atoms with E-state index in [9.17, 15) is 4.79 Å². The highest BCUT2D eigenvalue weighted by atomic mass is 16.3. The highest BCUT2D eigenvalue weighted by Gasteiger charge is 2.10. The molecule has 1 unspecified atom stereocenters. The van der Waals surface area contributed by atoms with Gasteiger partial charge in [0.25, 0.3) is 0 Å². The van der Waals surface area contributed by atoms with Gasteiger partial charge in [0.05, 0.1) is 0 Å². The van der Waals surface area contributed by atoms with Crippen molar-refractivity contribution in [3.8, 4) is 5.75 Å². The number of aldehydes is 1. The fourth-order valence-corrected chi connectivity index (χ4v) is 1.73. The van der Waals surface area contributed by atoms with Gasteiger partial charge < -0.3 is 9.90 Å². The van der Waals surface area contributed by atoms with Crippen molar-refractivity contribution in [2.24, 2.45) is 11.8 Å². The molecule has 0 spiro atoms. The molecule has 1 rings (SSSR count). The zero-order chi connectivity index (χ0) is 11.3. The minimum atomic E-state index is 0.0922. The van der Waals surface area contributed by atoms with E-state index >= 15 is 0 Å². The second kappa shape index (κ2) is 5.54. The first kappa shape index (κ1) is 11.8. The topological polar surface area (TPSA) is 37.3 Å². The smallest absolute Gasteiger partial charge is 0.123 e. The molecule has 2 nitrogen and oxygen atoms in total. The van der Waals surface area contributed by atoms with Crippen LogP contribution in [0.4, 0.5) is 0 Å². The van der Waals surface area contributed by atoms with Crippen molar-refractivity contribution in [2.45, 2.75) is 26.7 Å². The number of benzene rings is 1. The Morgan fingerprint density at radius 3 is 2.33 bits per heavy atom. The molecule has 1 aromatic rings. The highest BCUT2D eigenvalue weighted by Crippen LogP contribution is 2.17. The van der Waals surface area contributed by atoms with Gasteiger partial charge in [-0.3, -0.25) is 0 Å². The Morgan fingerprint density at radius 2 is 1.87 bits per heavy atom. The molecular weight excluding hydrogens is 188 g/mol. The van der Waals surface area contributed by atoms with E-state index in [0.29, 0.717) is 5.92 Å². The summed E-state index contributed by atoms with van der Waals surface area (Å²) in [6.45, 7) is 4.24. The minimum Gasteiger partial charge on any atom is -0.508 e. The van der Waals surface area contributed by atoms with Gasteiger partial charge in [0.2, 0.25) is 0 Å². The van der Waals surface area contributed by atoms with Crippen LogP contribution in [-0.4, -0.2) is 11.4 Å². The van der Waals surface area contributed by atoms with Gasteiger partial charge in [-0.25, -0.2) is 0 Å². The molecule has 0 saturated carbocycles. The van der Waals surface area contributed by atoms with Crippen molar-refractivity contribution in [3.63, 3.8) is 0 Å². The van der Waals surface area contributed by atoms with Crippen LogP contribution in [0, 0.1) is 11.8 Å². The van der Waals surface area contributed by atoms with Gasteiger partial charge >= 0.3 is 0 Å². The number of phenols is 1. The molecular formula is C13H18O2. The van der Waals surface area contributed by atoms with Crippen LogP contribution in [0.5, 0.6) is 5.75 Å². The number of hydrogen-bond acceptors (Lipinski definition) is 2. The molecule has 2 heteroatoms. The maximum absolute atomic E-state index is 10.9. The Kier molecular flexibility index (Phi) is 4.35. The summed E-state index contributed by atoms with van der Waals surface area (Å²) < 4.78 is 0. The number of rotatable bonds is 5. The second-order valence-corrected chi connectivity index (χ2v) is 4.40. The summed E-state index contributed by atoms with van der Waals surface area (Å²) in [5.74, 6) is 0.900. The number of hydrogen-bond donors (Lipinski definition) is 1. The van der Waals surface area contributed by atoms with Gasteiger partial charge in [-0.15, -0.1) is 0 Å². The van der Waals surface area contributed by atoms with Crippen molar-refractivity contribution in [1.82, 2.24) is 0 Å². The fraction of sp³-hybridized carbons (Fsp3) is 0.462. The SMILES string of the molecule is CC(C)CC(C=O)Cc1ccc(O)cc1. The molecule has 0 fully saturated rings. The van der Waals surface area contributed by atoms with E-state index in [0.717, 1.165) is 24.7 Å². The predicted octanol–water partition coefficient (Wildman–Crippen LogP) is 2.80. The van der Waals surface area contributed by atoms with Crippen molar-refractivity contribution in [1.29, 1.82) is 0 Å². The third-order valence-electron chi connectivity index (χ3n) is 2.40. The van der Waals surface area contributed by atoms with Crippen LogP contribution in [0.2, 0.25) is 0 Å². The van der Waals surface area contributed by atoms with E-state index in [1.54, 1.807) is 12.1 Å². The highest BCUT2D eigenvalue weighted by molar-refractivity contribution is 5.54. The van der Waals surface area contributed by atoms with Crippen LogP contribution in [0.1, 0.15) is 25.8 Å². The molecule has 1 aromatic carbocycles. The minimum absolute atomic E-state index is 0.0922.